The molecule has 0 radical (unpaired) electrons. The van der Waals surface area contributed by atoms with Crippen LogP contribution in [0.4, 0.5) is 4.79 Å². The van der Waals surface area contributed by atoms with E-state index >= 15 is 0 Å². The molecule has 0 aliphatic rings. The molecule has 4 nitrogen and oxygen atoms in total. The van der Waals surface area contributed by atoms with Crippen LogP contribution in [0.1, 0.15) is 23.6 Å². The van der Waals surface area contributed by atoms with Crippen molar-refractivity contribution in [3.8, 4) is 0 Å². The first kappa shape index (κ1) is 19.6. The third kappa shape index (κ3) is 5.92. The summed E-state index contributed by atoms with van der Waals surface area (Å²) in [6.45, 7) is 4.06. The van der Waals surface area contributed by atoms with E-state index in [4.69, 9.17) is 27.9 Å². The van der Waals surface area contributed by atoms with Crippen molar-refractivity contribution in [1.82, 2.24) is 10.2 Å². The van der Waals surface area contributed by atoms with Crippen LogP contribution < -0.4 is 5.32 Å². The second kappa shape index (κ2) is 9.66. The standard InChI is InChI=1S/C19H22Cl2N2O2/c1-3-25-13-16-7-5-4-6-15(16)11-22-19(24)23(2)12-14-8-9-17(20)18(21)10-14/h4-10H,3,11-13H2,1-2H3,(H,22,24). The maximum Gasteiger partial charge on any atom is 0.317 e. The van der Waals surface area contributed by atoms with Gasteiger partial charge in [0.1, 0.15) is 0 Å². The van der Waals surface area contributed by atoms with Crippen molar-refractivity contribution in [2.45, 2.75) is 26.6 Å². The van der Waals surface area contributed by atoms with Gasteiger partial charge in [0.15, 0.2) is 0 Å². The summed E-state index contributed by atoms with van der Waals surface area (Å²) in [6, 6.07) is 13.1. The minimum Gasteiger partial charge on any atom is -0.377 e. The molecule has 134 valence electrons. The molecule has 2 aromatic rings. The summed E-state index contributed by atoms with van der Waals surface area (Å²) in [5.74, 6) is 0. The van der Waals surface area contributed by atoms with Crippen molar-refractivity contribution in [1.29, 1.82) is 0 Å². The molecule has 25 heavy (non-hydrogen) atoms. The maximum atomic E-state index is 12.3. The predicted octanol–water partition coefficient (Wildman–Crippen LogP) is 4.87. The van der Waals surface area contributed by atoms with Crippen molar-refractivity contribution >= 4 is 29.2 Å². The molecule has 2 rings (SSSR count). The minimum atomic E-state index is -0.155. The third-order valence-corrected chi connectivity index (χ3v) is 4.50. The largest absolute Gasteiger partial charge is 0.377 e. The van der Waals surface area contributed by atoms with Crippen LogP contribution in [0.2, 0.25) is 10.0 Å². The number of amides is 2. The summed E-state index contributed by atoms with van der Waals surface area (Å²) in [5, 5.41) is 3.92. The number of urea groups is 1. The molecule has 0 atom stereocenters. The molecule has 1 N–H and O–H groups in total. The fraction of sp³-hybridized carbons (Fsp3) is 0.316. The molecule has 6 heteroatoms. The van der Waals surface area contributed by atoms with Crippen molar-refractivity contribution in [2.75, 3.05) is 13.7 Å². The molecule has 0 saturated carbocycles. The van der Waals surface area contributed by atoms with E-state index < -0.39 is 0 Å². The highest BCUT2D eigenvalue weighted by molar-refractivity contribution is 6.42. The van der Waals surface area contributed by atoms with Gasteiger partial charge in [0, 0.05) is 26.7 Å². The average Bonchev–Trinajstić information content (AvgIpc) is 2.61. The van der Waals surface area contributed by atoms with Crippen LogP contribution in [-0.2, 0) is 24.4 Å². The molecule has 2 amide bonds. The maximum absolute atomic E-state index is 12.3. The number of carbonyl (C=O) groups excluding carboxylic acids is 1. The molecule has 0 aliphatic heterocycles. The number of benzene rings is 2. The van der Waals surface area contributed by atoms with Crippen LogP contribution in [-0.4, -0.2) is 24.6 Å². The summed E-state index contributed by atoms with van der Waals surface area (Å²) in [6.07, 6.45) is 0. The minimum absolute atomic E-state index is 0.155. The molecular formula is C19H22Cl2N2O2. The van der Waals surface area contributed by atoms with Gasteiger partial charge >= 0.3 is 6.03 Å². The molecular weight excluding hydrogens is 359 g/mol. The van der Waals surface area contributed by atoms with E-state index in [0.717, 1.165) is 16.7 Å². The van der Waals surface area contributed by atoms with E-state index in [0.29, 0.717) is 36.3 Å². The normalized spacial score (nSPS) is 10.6. The highest BCUT2D eigenvalue weighted by Gasteiger charge is 2.11. The molecule has 0 aromatic heterocycles. The van der Waals surface area contributed by atoms with E-state index in [1.807, 2.05) is 37.3 Å². The number of ether oxygens (including phenoxy) is 1. The fourth-order valence-corrected chi connectivity index (χ4v) is 2.69. The zero-order chi connectivity index (χ0) is 18.2. The molecule has 0 aliphatic carbocycles. The lowest BCUT2D eigenvalue weighted by molar-refractivity contribution is 0.133. The lowest BCUT2D eigenvalue weighted by atomic mass is 10.1. The second-order valence-electron chi connectivity index (χ2n) is 5.67. The molecule has 2 aromatic carbocycles. The van der Waals surface area contributed by atoms with Crippen molar-refractivity contribution in [2.24, 2.45) is 0 Å². The molecule has 0 saturated heterocycles. The Balaban J connectivity index is 1.92. The van der Waals surface area contributed by atoms with E-state index in [2.05, 4.69) is 5.32 Å². The first-order chi connectivity index (χ1) is 12.0. The molecule has 0 bridgehead atoms. The van der Waals surface area contributed by atoms with Crippen LogP contribution in [0.3, 0.4) is 0 Å². The second-order valence-corrected chi connectivity index (χ2v) is 6.48. The van der Waals surface area contributed by atoms with Gasteiger partial charge in [-0.2, -0.15) is 0 Å². The molecule has 0 heterocycles. The Hall–Kier alpha value is -1.75. The molecule has 0 spiro atoms. The smallest absolute Gasteiger partial charge is 0.317 e. The number of carbonyl (C=O) groups is 1. The molecule has 0 fully saturated rings. The number of halogens is 2. The Bertz CT molecular complexity index is 722. The van der Waals surface area contributed by atoms with Crippen molar-refractivity contribution < 1.29 is 9.53 Å². The van der Waals surface area contributed by atoms with Crippen LogP contribution in [0.5, 0.6) is 0 Å². The SMILES string of the molecule is CCOCc1ccccc1CNC(=O)N(C)Cc1ccc(Cl)c(Cl)c1. The number of nitrogens with one attached hydrogen (secondary N) is 1. The Morgan fingerprint density at radius 3 is 2.52 bits per heavy atom. The van der Waals surface area contributed by atoms with Crippen molar-refractivity contribution in [3.05, 3.63) is 69.2 Å². The van der Waals surface area contributed by atoms with Gasteiger partial charge in [-0.25, -0.2) is 4.79 Å². The van der Waals surface area contributed by atoms with Gasteiger partial charge in [0.25, 0.3) is 0 Å². The van der Waals surface area contributed by atoms with E-state index in [-0.39, 0.29) is 6.03 Å². The summed E-state index contributed by atoms with van der Waals surface area (Å²) in [7, 11) is 1.74. The van der Waals surface area contributed by atoms with Crippen LogP contribution in [0.25, 0.3) is 0 Å². The summed E-state index contributed by atoms with van der Waals surface area (Å²) < 4.78 is 5.47. The monoisotopic (exact) mass is 380 g/mol. The number of nitrogens with zero attached hydrogens (tertiary/aromatic N) is 1. The van der Waals surface area contributed by atoms with Crippen LogP contribution in [0.15, 0.2) is 42.5 Å². The summed E-state index contributed by atoms with van der Waals surface area (Å²) in [4.78, 5) is 13.9. The van der Waals surface area contributed by atoms with Gasteiger partial charge in [-0.15, -0.1) is 0 Å². The Kier molecular flexibility index (Phi) is 7.56. The predicted molar refractivity (Wildman–Crippen MR) is 102 cm³/mol. The first-order valence-corrected chi connectivity index (χ1v) is 8.84. The topological polar surface area (TPSA) is 41.6 Å². The highest BCUT2D eigenvalue weighted by Crippen LogP contribution is 2.23. The van der Waals surface area contributed by atoms with Gasteiger partial charge in [-0.05, 0) is 35.7 Å². The van der Waals surface area contributed by atoms with Gasteiger partial charge < -0.3 is 15.0 Å². The van der Waals surface area contributed by atoms with E-state index in [1.165, 1.54) is 0 Å². The van der Waals surface area contributed by atoms with Crippen LogP contribution >= 0.6 is 23.2 Å². The van der Waals surface area contributed by atoms with Crippen molar-refractivity contribution in [3.63, 3.8) is 0 Å². The Labute approximate surface area is 158 Å². The Morgan fingerprint density at radius 1 is 1.12 bits per heavy atom. The number of hydrogen-bond acceptors (Lipinski definition) is 2. The fourth-order valence-electron chi connectivity index (χ4n) is 2.37. The first-order valence-electron chi connectivity index (χ1n) is 8.08. The number of rotatable bonds is 7. The third-order valence-electron chi connectivity index (χ3n) is 3.76. The lowest BCUT2D eigenvalue weighted by Gasteiger charge is -2.19. The highest BCUT2D eigenvalue weighted by atomic mass is 35.5. The summed E-state index contributed by atoms with van der Waals surface area (Å²) in [5.41, 5.74) is 3.05. The number of hydrogen-bond donors (Lipinski definition) is 1. The van der Waals surface area contributed by atoms with Crippen LogP contribution in [0, 0.1) is 0 Å². The van der Waals surface area contributed by atoms with Gasteiger partial charge in [0.2, 0.25) is 0 Å². The Morgan fingerprint density at radius 2 is 1.84 bits per heavy atom. The zero-order valence-corrected chi connectivity index (χ0v) is 15.9. The van der Waals surface area contributed by atoms with E-state index in [9.17, 15) is 4.79 Å². The lowest BCUT2D eigenvalue weighted by Crippen LogP contribution is -2.36. The van der Waals surface area contributed by atoms with Gasteiger partial charge in [0.05, 0.1) is 16.7 Å². The van der Waals surface area contributed by atoms with E-state index in [1.54, 1.807) is 24.1 Å². The summed E-state index contributed by atoms with van der Waals surface area (Å²) >= 11 is 11.9. The van der Waals surface area contributed by atoms with Gasteiger partial charge in [-0.1, -0.05) is 53.5 Å². The van der Waals surface area contributed by atoms with Gasteiger partial charge in [-0.3, -0.25) is 0 Å². The zero-order valence-electron chi connectivity index (χ0n) is 14.4. The molecule has 0 unspecified atom stereocenters. The average molecular weight is 381 g/mol. The quantitative estimate of drug-likeness (QED) is 0.743.